The van der Waals surface area contributed by atoms with E-state index in [2.05, 4.69) is 9.84 Å². The highest BCUT2D eigenvalue weighted by molar-refractivity contribution is 6.34. The van der Waals surface area contributed by atoms with Crippen molar-refractivity contribution in [1.29, 1.82) is 0 Å². The van der Waals surface area contributed by atoms with Gasteiger partial charge in [0.15, 0.2) is 6.10 Å². The summed E-state index contributed by atoms with van der Waals surface area (Å²) in [6, 6.07) is 12.4. The number of carboxylic acid groups (broad SMARTS) is 1. The summed E-state index contributed by atoms with van der Waals surface area (Å²) in [6.07, 6.45) is -0.224. The van der Waals surface area contributed by atoms with Crippen molar-refractivity contribution in [1.82, 2.24) is 9.78 Å². The van der Waals surface area contributed by atoms with E-state index in [0.717, 1.165) is 16.7 Å². The highest BCUT2D eigenvalue weighted by Gasteiger charge is 2.20. The number of ether oxygens (including phenoxy) is 3. The number of nitrogens with zero attached hydrogens (tertiary/aromatic N) is 2. The van der Waals surface area contributed by atoms with Crippen molar-refractivity contribution < 1.29 is 32.9 Å². The van der Waals surface area contributed by atoms with Gasteiger partial charge < -0.3 is 19.3 Å². The number of alkyl halides is 2. The van der Waals surface area contributed by atoms with Crippen LogP contribution in [0.25, 0.3) is 11.3 Å². The van der Waals surface area contributed by atoms with Crippen LogP contribution in [0.1, 0.15) is 25.0 Å². The summed E-state index contributed by atoms with van der Waals surface area (Å²) < 4.78 is 42.2. The zero-order chi connectivity index (χ0) is 24.1. The molecule has 0 aliphatic carbocycles. The van der Waals surface area contributed by atoms with Gasteiger partial charge in [0, 0.05) is 18.2 Å². The lowest BCUT2D eigenvalue weighted by molar-refractivity contribution is -0.144. The highest BCUT2D eigenvalue weighted by atomic mass is 35.5. The molecule has 176 valence electrons. The lowest BCUT2D eigenvalue weighted by Gasteiger charge is -2.16. The van der Waals surface area contributed by atoms with E-state index in [9.17, 15) is 13.6 Å². The van der Waals surface area contributed by atoms with E-state index in [1.807, 2.05) is 25.1 Å². The molecule has 0 radical (unpaired) electrons. The second-order valence-electron chi connectivity index (χ2n) is 7.18. The van der Waals surface area contributed by atoms with Crippen LogP contribution >= 0.6 is 11.6 Å². The third-order valence-electron chi connectivity index (χ3n) is 4.85. The number of carboxylic acids is 1. The molecule has 2 aromatic carbocycles. The zero-order valence-electron chi connectivity index (χ0n) is 18.2. The summed E-state index contributed by atoms with van der Waals surface area (Å²) >= 11 is 6.17. The van der Waals surface area contributed by atoms with Crippen molar-refractivity contribution in [2.45, 2.75) is 39.6 Å². The maximum atomic E-state index is 12.6. The molecule has 0 bridgehead atoms. The van der Waals surface area contributed by atoms with Crippen molar-refractivity contribution in [2.75, 3.05) is 0 Å². The van der Waals surface area contributed by atoms with Crippen LogP contribution in [0, 0.1) is 0 Å². The largest absolute Gasteiger partial charge is 0.489 e. The fourth-order valence-electron chi connectivity index (χ4n) is 3.04. The summed E-state index contributed by atoms with van der Waals surface area (Å²) in [5, 5.41) is 13.3. The number of hydrogen-bond donors (Lipinski definition) is 1. The van der Waals surface area contributed by atoms with Gasteiger partial charge in [0.25, 0.3) is 0 Å². The Morgan fingerprint density at radius 2 is 1.88 bits per heavy atom. The minimum atomic E-state index is -3.01. The average molecular weight is 481 g/mol. The lowest BCUT2D eigenvalue weighted by atomic mass is 10.1. The van der Waals surface area contributed by atoms with Crippen molar-refractivity contribution in [3.8, 4) is 28.6 Å². The first-order valence-electron chi connectivity index (χ1n) is 10.1. The van der Waals surface area contributed by atoms with Gasteiger partial charge in [-0.15, -0.1) is 0 Å². The number of halogens is 3. The Morgan fingerprint density at radius 3 is 2.48 bits per heavy atom. The van der Waals surface area contributed by atoms with E-state index in [4.69, 9.17) is 26.2 Å². The van der Waals surface area contributed by atoms with E-state index in [0.29, 0.717) is 28.3 Å². The molecule has 0 fully saturated rings. The molecule has 1 N–H and O–H groups in total. The van der Waals surface area contributed by atoms with Crippen LogP contribution in [0.4, 0.5) is 8.78 Å². The van der Waals surface area contributed by atoms with Gasteiger partial charge in [0.05, 0.1) is 0 Å². The first-order valence-corrected chi connectivity index (χ1v) is 10.5. The Hall–Kier alpha value is -3.33. The number of aryl methyl sites for hydroxylation is 2. The maximum absolute atomic E-state index is 12.6. The molecule has 1 heterocycles. The summed E-state index contributed by atoms with van der Waals surface area (Å²) in [5.74, 6) is -0.297. The molecule has 3 rings (SSSR count). The van der Waals surface area contributed by atoms with Crippen molar-refractivity contribution in [3.63, 3.8) is 0 Å². The van der Waals surface area contributed by atoms with E-state index in [-0.39, 0.29) is 17.5 Å². The molecule has 1 aromatic heterocycles. The standard InChI is InChI=1S/C23H23ClF2N2O5/c1-4-14-5-6-16(18(11-14)32-13(2)22(29)30)12-31-17-9-7-15(8-10-17)20-19(24)21(28(3)27-20)33-23(25)26/h5-11,13,23H,4,12H2,1-3H3,(H,29,30). The molecular weight excluding hydrogens is 458 g/mol. The zero-order valence-corrected chi connectivity index (χ0v) is 19.0. The Morgan fingerprint density at radius 1 is 1.18 bits per heavy atom. The number of rotatable bonds is 10. The first kappa shape index (κ1) is 24.3. The summed E-state index contributed by atoms with van der Waals surface area (Å²) in [4.78, 5) is 11.2. The molecule has 7 nitrogen and oxygen atoms in total. The van der Waals surface area contributed by atoms with Gasteiger partial charge >= 0.3 is 12.6 Å². The topological polar surface area (TPSA) is 82.8 Å². The molecule has 0 aliphatic rings. The Bertz CT molecular complexity index is 1120. The minimum absolute atomic E-state index is 0.0168. The highest BCUT2D eigenvalue weighted by Crippen LogP contribution is 2.36. The molecule has 0 saturated carbocycles. The number of hydrogen-bond acceptors (Lipinski definition) is 5. The Kier molecular flexibility index (Phi) is 7.75. The number of benzene rings is 2. The van der Waals surface area contributed by atoms with Crippen LogP contribution in [-0.2, 0) is 24.9 Å². The second kappa shape index (κ2) is 10.5. The fraction of sp³-hybridized carbons (Fsp3) is 0.304. The van der Waals surface area contributed by atoms with Gasteiger partial charge in [0.2, 0.25) is 5.88 Å². The number of aromatic nitrogens is 2. The maximum Gasteiger partial charge on any atom is 0.388 e. The van der Waals surface area contributed by atoms with Gasteiger partial charge in [0.1, 0.15) is 28.8 Å². The van der Waals surface area contributed by atoms with Crippen molar-refractivity contribution >= 4 is 17.6 Å². The normalized spacial score (nSPS) is 12.0. The van der Waals surface area contributed by atoms with Gasteiger partial charge in [-0.05, 0) is 49.2 Å². The quantitative estimate of drug-likeness (QED) is 0.422. The molecule has 0 amide bonds. The van der Waals surface area contributed by atoms with E-state index < -0.39 is 18.7 Å². The number of carbonyl (C=O) groups is 1. The predicted octanol–water partition coefficient (Wildman–Crippen LogP) is 5.34. The molecule has 10 heteroatoms. The Balaban J connectivity index is 1.75. The van der Waals surface area contributed by atoms with Gasteiger partial charge in [-0.2, -0.15) is 13.9 Å². The second-order valence-corrected chi connectivity index (χ2v) is 7.55. The van der Waals surface area contributed by atoms with Crippen LogP contribution in [0.15, 0.2) is 42.5 Å². The summed E-state index contributed by atoms with van der Waals surface area (Å²) in [7, 11) is 1.46. The van der Waals surface area contributed by atoms with Crippen LogP contribution in [-0.4, -0.2) is 33.6 Å². The predicted molar refractivity (Wildman–Crippen MR) is 118 cm³/mol. The molecule has 0 saturated heterocycles. The third kappa shape index (κ3) is 5.92. The Labute approximate surface area is 194 Å². The van der Waals surface area contributed by atoms with Gasteiger partial charge in [-0.1, -0.05) is 30.7 Å². The number of aliphatic carboxylic acids is 1. The monoisotopic (exact) mass is 480 g/mol. The molecule has 3 aromatic rings. The van der Waals surface area contributed by atoms with Crippen molar-refractivity contribution in [2.24, 2.45) is 7.05 Å². The smallest absolute Gasteiger partial charge is 0.388 e. The molecule has 0 spiro atoms. The first-order chi connectivity index (χ1) is 15.7. The van der Waals surface area contributed by atoms with Crippen LogP contribution in [0.3, 0.4) is 0 Å². The van der Waals surface area contributed by atoms with Gasteiger partial charge in [-0.25, -0.2) is 9.48 Å². The molecule has 1 atom stereocenters. The van der Waals surface area contributed by atoms with E-state index in [1.165, 1.54) is 14.0 Å². The lowest BCUT2D eigenvalue weighted by Crippen LogP contribution is -2.23. The van der Waals surface area contributed by atoms with E-state index in [1.54, 1.807) is 24.3 Å². The van der Waals surface area contributed by atoms with Crippen LogP contribution in [0.5, 0.6) is 17.4 Å². The van der Waals surface area contributed by atoms with Crippen molar-refractivity contribution in [3.05, 3.63) is 58.6 Å². The molecule has 0 aliphatic heterocycles. The molecule has 33 heavy (non-hydrogen) atoms. The average Bonchev–Trinajstić information content (AvgIpc) is 3.06. The van der Waals surface area contributed by atoms with Crippen LogP contribution < -0.4 is 14.2 Å². The molecule has 1 unspecified atom stereocenters. The van der Waals surface area contributed by atoms with Gasteiger partial charge in [-0.3, -0.25) is 0 Å². The SMILES string of the molecule is CCc1ccc(COc2ccc(-c3nn(C)c(OC(F)F)c3Cl)cc2)c(OC(C)C(=O)O)c1. The van der Waals surface area contributed by atoms with Crippen LogP contribution in [0.2, 0.25) is 5.02 Å². The fourth-order valence-corrected chi connectivity index (χ4v) is 3.35. The minimum Gasteiger partial charge on any atom is -0.489 e. The van der Waals surface area contributed by atoms with E-state index >= 15 is 0 Å². The summed E-state index contributed by atoms with van der Waals surface area (Å²) in [5.41, 5.74) is 2.61. The summed E-state index contributed by atoms with van der Waals surface area (Å²) in [6.45, 7) is 0.598. The molecular formula is C23H23ClF2N2O5. The third-order valence-corrected chi connectivity index (χ3v) is 5.19.